The second kappa shape index (κ2) is 7.45. The van der Waals surface area contributed by atoms with E-state index in [0.717, 1.165) is 16.4 Å². The molecule has 0 unspecified atom stereocenters. The van der Waals surface area contributed by atoms with Gasteiger partial charge in [0.15, 0.2) is 0 Å². The van der Waals surface area contributed by atoms with Crippen molar-refractivity contribution in [1.82, 2.24) is 20.3 Å². The van der Waals surface area contributed by atoms with Crippen molar-refractivity contribution >= 4 is 39.4 Å². The number of benzene rings is 2. The molecule has 0 saturated heterocycles. The molecule has 28 heavy (non-hydrogen) atoms. The van der Waals surface area contributed by atoms with Gasteiger partial charge in [0.2, 0.25) is 5.91 Å². The van der Waals surface area contributed by atoms with E-state index in [2.05, 4.69) is 25.6 Å². The smallest absolute Gasteiger partial charge is 0.252 e. The van der Waals surface area contributed by atoms with Gasteiger partial charge in [0.1, 0.15) is 6.04 Å². The lowest BCUT2D eigenvalue weighted by atomic mass is 10.1. The number of imidazole rings is 1. The SMILES string of the molecule is O=C(N[C@@H](CO)C(=O)Nc1ccc2ncccc2c1)c1ccc2nc[nH]c2c1. The first-order chi connectivity index (χ1) is 13.6. The summed E-state index contributed by atoms with van der Waals surface area (Å²) in [5, 5.41) is 15.7. The zero-order chi connectivity index (χ0) is 19.5. The summed E-state index contributed by atoms with van der Waals surface area (Å²) >= 11 is 0. The zero-order valence-electron chi connectivity index (χ0n) is 14.7. The summed E-state index contributed by atoms with van der Waals surface area (Å²) in [4.78, 5) is 36.2. The predicted molar refractivity (Wildman–Crippen MR) is 105 cm³/mol. The van der Waals surface area contributed by atoms with Crippen LogP contribution in [0.1, 0.15) is 10.4 Å². The van der Waals surface area contributed by atoms with Gasteiger partial charge in [-0.3, -0.25) is 14.6 Å². The fourth-order valence-electron chi connectivity index (χ4n) is 2.90. The third-order valence-electron chi connectivity index (χ3n) is 4.36. The molecule has 0 saturated carbocycles. The molecule has 0 fully saturated rings. The van der Waals surface area contributed by atoms with E-state index in [9.17, 15) is 14.7 Å². The van der Waals surface area contributed by atoms with Crippen LogP contribution in [0.4, 0.5) is 5.69 Å². The van der Waals surface area contributed by atoms with E-state index in [0.29, 0.717) is 16.8 Å². The molecule has 8 heteroatoms. The number of anilines is 1. The van der Waals surface area contributed by atoms with Crippen LogP contribution >= 0.6 is 0 Å². The molecule has 0 aliphatic heterocycles. The molecule has 0 radical (unpaired) electrons. The van der Waals surface area contributed by atoms with Gasteiger partial charge >= 0.3 is 0 Å². The molecular formula is C20H17N5O3. The average molecular weight is 375 g/mol. The fourth-order valence-corrected chi connectivity index (χ4v) is 2.90. The van der Waals surface area contributed by atoms with E-state index in [4.69, 9.17) is 0 Å². The molecule has 2 aromatic carbocycles. The van der Waals surface area contributed by atoms with Crippen molar-refractivity contribution in [3.05, 3.63) is 66.6 Å². The first-order valence-electron chi connectivity index (χ1n) is 8.64. The molecular weight excluding hydrogens is 358 g/mol. The van der Waals surface area contributed by atoms with Crippen LogP contribution in [0.3, 0.4) is 0 Å². The molecule has 1 atom stereocenters. The van der Waals surface area contributed by atoms with E-state index in [1.54, 1.807) is 48.7 Å². The van der Waals surface area contributed by atoms with Crippen molar-refractivity contribution in [3.63, 3.8) is 0 Å². The Morgan fingerprint density at radius 3 is 2.79 bits per heavy atom. The van der Waals surface area contributed by atoms with Crippen molar-refractivity contribution in [2.45, 2.75) is 6.04 Å². The highest BCUT2D eigenvalue weighted by Gasteiger charge is 2.21. The number of aromatic nitrogens is 3. The lowest BCUT2D eigenvalue weighted by Crippen LogP contribution is -2.46. The summed E-state index contributed by atoms with van der Waals surface area (Å²) in [5.74, 6) is -0.977. The van der Waals surface area contributed by atoms with Crippen LogP contribution < -0.4 is 10.6 Å². The number of aliphatic hydroxyl groups excluding tert-OH is 1. The van der Waals surface area contributed by atoms with Gasteiger partial charge in [-0.25, -0.2) is 4.98 Å². The summed E-state index contributed by atoms with van der Waals surface area (Å²) < 4.78 is 0. The monoisotopic (exact) mass is 375 g/mol. The largest absolute Gasteiger partial charge is 0.394 e. The number of H-pyrrole nitrogens is 1. The fraction of sp³-hybridized carbons (Fsp3) is 0.100. The Bertz CT molecular complexity index is 1170. The maximum absolute atomic E-state index is 12.5. The van der Waals surface area contributed by atoms with Crippen LogP contribution in [-0.4, -0.2) is 44.5 Å². The van der Waals surface area contributed by atoms with Gasteiger partial charge in [-0.15, -0.1) is 0 Å². The third kappa shape index (κ3) is 3.53. The van der Waals surface area contributed by atoms with Gasteiger partial charge in [0.25, 0.3) is 5.91 Å². The molecule has 2 amide bonds. The predicted octanol–water partition coefficient (Wildman–Crippen LogP) is 1.84. The molecule has 0 spiro atoms. The van der Waals surface area contributed by atoms with E-state index in [-0.39, 0.29) is 0 Å². The molecule has 4 rings (SSSR count). The van der Waals surface area contributed by atoms with Crippen molar-refractivity contribution in [2.75, 3.05) is 11.9 Å². The molecule has 8 nitrogen and oxygen atoms in total. The molecule has 2 heterocycles. The van der Waals surface area contributed by atoms with E-state index >= 15 is 0 Å². The number of nitrogens with zero attached hydrogens (tertiary/aromatic N) is 2. The number of fused-ring (bicyclic) bond motifs is 2. The molecule has 4 aromatic rings. The van der Waals surface area contributed by atoms with Crippen LogP contribution in [0, 0.1) is 0 Å². The summed E-state index contributed by atoms with van der Waals surface area (Å²) in [6.07, 6.45) is 3.23. The lowest BCUT2D eigenvalue weighted by molar-refractivity contribution is -0.118. The quantitative estimate of drug-likeness (QED) is 0.424. The van der Waals surface area contributed by atoms with Crippen LogP contribution in [0.25, 0.3) is 21.9 Å². The van der Waals surface area contributed by atoms with E-state index in [1.165, 1.54) is 6.33 Å². The number of hydrogen-bond acceptors (Lipinski definition) is 5. The third-order valence-corrected chi connectivity index (χ3v) is 4.36. The Balaban J connectivity index is 1.47. The topological polar surface area (TPSA) is 120 Å². The number of rotatable bonds is 5. The van der Waals surface area contributed by atoms with Crippen LogP contribution in [0.5, 0.6) is 0 Å². The Morgan fingerprint density at radius 1 is 1.07 bits per heavy atom. The van der Waals surface area contributed by atoms with Crippen LogP contribution in [0.2, 0.25) is 0 Å². The highest BCUT2D eigenvalue weighted by Crippen LogP contribution is 2.17. The summed E-state index contributed by atoms with van der Waals surface area (Å²) in [6, 6.07) is 12.8. The second-order valence-electron chi connectivity index (χ2n) is 6.24. The van der Waals surface area contributed by atoms with Crippen molar-refractivity contribution in [1.29, 1.82) is 0 Å². The number of amides is 2. The van der Waals surface area contributed by atoms with E-state index < -0.39 is 24.5 Å². The number of carbonyl (C=O) groups excluding carboxylic acids is 2. The number of aromatic amines is 1. The molecule has 0 bridgehead atoms. The van der Waals surface area contributed by atoms with Crippen molar-refractivity contribution in [3.8, 4) is 0 Å². The van der Waals surface area contributed by atoms with Crippen molar-refractivity contribution in [2.24, 2.45) is 0 Å². The zero-order valence-corrected chi connectivity index (χ0v) is 14.7. The first-order valence-corrected chi connectivity index (χ1v) is 8.64. The lowest BCUT2D eigenvalue weighted by Gasteiger charge is -2.16. The van der Waals surface area contributed by atoms with Gasteiger partial charge in [0, 0.05) is 22.8 Å². The van der Waals surface area contributed by atoms with Gasteiger partial charge < -0.3 is 20.7 Å². The molecule has 0 aliphatic carbocycles. The minimum atomic E-state index is -1.09. The number of pyridine rings is 1. The van der Waals surface area contributed by atoms with Crippen molar-refractivity contribution < 1.29 is 14.7 Å². The normalized spacial score (nSPS) is 12.0. The van der Waals surface area contributed by atoms with Gasteiger partial charge in [-0.2, -0.15) is 0 Å². The first kappa shape index (κ1) is 17.6. The Morgan fingerprint density at radius 2 is 1.93 bits per heavy atom. The summed E-state index contributed by atoms with van der Waals surface area (Å²) in [5.41, 5.74) is 3.17. The maximum Gasteiger partial charge on any atom is 0.252 e. The maximum atomic E-state index is 12.5. The van der Waals surface area contributed by atoms with E-state index in [1.807, 2.05) is 6.07 Å². The molecule has 140 valence electrons. The molecule has 0 aliphatic rings. The van der Waals surface area contributed by atoms with Crippen LogP contribution in [-0.2, 0) is 4.79 Å². The Hall–Kier alpha value is -3.78. The number of nitrogens with one attached hydrogen (secondary N) is 3. The Labute approximate surface area is 159 Å². The molecule has 2 aromatic heterocycles. The van der Waals surface area contributed by atoms with Gasteiger partial charge in [-0.1, -0.05) is 6.07 Å². The van der Waals surface area contributed by atoms with Gasteiger partial charge in [0.05, 0.1) is 29.5 Å². The minimum absolute atomic E-state index is 0.361. The van der Waals surface area contributed by atoms with Gasteiger partial charge in [-0.05, 0) is 42.5 Å². The number of hydrogen-bond donors (Lipinski definition) is 4. The average Bonchev–Trinajstić information content (AvgIpc) is 3.19. The minimum Gasteiger partial charge on any atom is -0.394 e. The second-order valence-corrected chi connectivity index (χ2v) is 6.24. The number of aliphatic hydroxyl groups is 1. The highest BCUT2D eigenvalue weighted by atomic mass is 16.3. The molecule has 4 N–H and O–H groups in total. The Kier molecular flexibility index (Phi) is 4.69. The highest BCUT2D eigenvalue weighted by molar-refractivity contribution is 6.03. The van der Waals surface area contributed by atoms with Crippen LogP contribution in [0.15, 0.2) is 61.1 Å². The summed E-state index contributed by atoms with van der Waals surface area (Å²) in [7, 11) is 0. The standard InChI is InChI=1S/C20H17N5O3/c26-10-18(25-19(27)13-3-5-16-17(9-13)23-11-22-16)20(28)24-14-4-6-15-12(8-14)2-1-7-21-15/h1-9,11,18,26H,10H2,(H,22,23)(H,24,28)(H,25,27)/t18-/m0/s1. The summed E-state index contributed by atoms with van der Waals surface area (Å²) in [6.45, 7) is -0.529. The number of carbonyl (C=O) groups is 2.